The lowest BCUT2D eigenvalue weighted by Gasteiger charge is -2.09. The molecule has 3 aromatic heterocycles. The summed E-state index contributed by atoms with van der Waals surface area (Å²) in [5.74, 6) is 1.38. The number of nitrogens with one attached hydrogen (secondary N) is 2. The third-order valence-corrected chi connectivity index (χ3v) is 6.36. The minimum atomic E-state index is -0.373. The number of aromatic nitrogens is 6. The average molecular weight is 506 g/mol. The molecule has 176 valence electrons. The highest BCUT2D eigenvalue weighted by molar-refractivity contribution is 7.99. The van der Waals surface area contributed by atoms with Crippen molar-refractivity contribution in [1.29, 1.82) is 0 Å². The maximum Gasteiger partial charge on any atom is 0.263 e. The third kappa shape index (κ3) is 4.98. The number of halogens is 1. The molecular weight excluding hydrogens is 486 g/mol. The SMILES string of the molecule is Cc1cc(NC(=O)CSCc2ccccc2)n(-c2nc3c(cnn3-c3cccc(Cl)c3)c(=O)[nH]2)n1. The first-order valence-corrected chi connectivity index (χ1v) is 12.2. The van der Waals surface area contributed by atoms with Crippen molar-refractivity contribution in [3.05, 3.63) is 93.5 Å². The fourth-order valence-corrected chi connectivity index (χ4v) is 4.54. The molecule has 0 fully saturated rings. The van der Waals surface area contributed by atoms with Crippen LogP contribution in [0.15, 0.2) is 71.7 Å². The lowest BCUT2D eigenvalue weighted by atomic mass is 10.2. The maximum absolute atomic E-state index is 12.8. The van der Waals surface area contributed by atoms with Crippen LogP contribution >= 0.6 is 23.4 Å². The number of carbonyl (C=O) groups excluding carboxylic acids is 1. The molecule has 9 nitrogen and oxygen atoms in total. The molecule has 0 aliphatic carbocycles. The number of benzene rings is 2. The van der Waals surface area contributed by atoms with Crippen molar-refractivity contribution in [3.8, 4) is 11.6 Å². The van der Waals surface area contributed by atoms with Gasteiger partial charge in [0.25, 0.3) is 5.56 Å². The third-order valence-electron chi connectivity index (χ3n) is 5.12. The summed E-state index contributed by atoms with van der Waals surface area (Å²) >= 11 is 7.64. The average Bonchev–Trinajstić information content (AvgIpc) is 3.43. The molecule has 1 amide bonds. The molecule has 11 heteroatoms. The molecule has 35 heavy (non-hydrogen) atoms. The molecule has 0 aliphatic heterocycles. The molecule has 3 heterocycles. The van der Waals surface area contributed by atoms with E-state index in [2.05, 4.69) is 25.5 Å². The van der Waals surface area contributed by atoms with E-state index in [0.717, 1.165) is 11.3 Å². The molecule has 0 saturated heterocycles. The normalized spacial score (nSPS) is 11.1. The molecule has 2 aromatic carbocycles. The number of rotatable bonds is 7. The van der Waals surface area contributed by atoms with Gasteiger partial charge in [0.1, 0.15) is 11.2 Å². The number of aromatic amines is 1. The van der Waals surface area contributed by atoms with Gasteiger partial charge in [-0.1, -0.05) is 48.0 Å². The fraction of sp³-hybridized carbons (Fsp3) is 0.125. The first kappa shape index (κ1) is 22.9. The minimum absolute atomic E-state index is 0.159. The smallest absolute Gasteiger partial charge is 0.263 e. The fourth-order valence-electron chi connectivity index (χ4n) is 3.57. The van der Waals surface area contributed by atoms with Crippen LogP contribution in [0.4, 0.5) is 5.82 Å². The van der Waals surface area contributed by atoms with Gasteiger partial charge in [-0.2, -0.15) is 19.9 Å². The number of carbonyl (C=O) groups is 1. The van der Waals surface area contributed by atoms with Crippen molar-refractivity contribution in [3.63, 3.8) is 0 Å². The Bertz CT molecular complexity index is 1580. The first-order chi connectivity index (χ1) is 17.0. The highest BCUT2D eigenvalue weighted by Gasteiger charge is 2.17. The zero-order valence-electron chi connectivity index (χ0n) is 18.6. The summed E-state index contributed by atoms with van der Waals surface area (Å²) in [6, 6.07) is 18.8. The predicted molar refractivity (Wildman–Crippen MR) is 138 cm³/mol. The van der Waals surface area contributed by atoms with Gasteiger partial charge in [-0.05, 0) is 30.7 Å². The number of anilines is 1. The molecule has 0 unspecified atom stereocenters. The molecule has 0 bridgehead atoms. The van der Waals surface area contributed by atoms with Gasteiger partial charge in [-0.3, -0.25) is 14.6 Å². The Labute approximate surface area is 209 Å². The van der Waals surface area contributed by atoms with Crippen molar-refractivity contribution >= 4 is 46.1 Å². The highest BCUT2D eigenvalue weighted by Crippen LogP contribution is 2.20. The number of amides is 1. The number of aryl methyl sites for hydroxylation is 1. The number of H-pyrrole nitrogens is 1. The lowest BCUT2D eigenvalue weighted by molar-refractivity contribution is -0.113. The maximum atomic E-state index is 12.8. The van der Waals surface area contributed by atoms with Crippen LogP contribution in [0.2, 0.25) is 5.02 Å². The van der Waals surface area contributed by atoms with E-state index in [1.165, 1.54) is 27.3 Å². The van der Waals surface area contributed by atoms with Gasteiger partial charge in [0.15, 0.2) is 5.65 Å². The zero-order chi connectivity index (χ0) is 24.4. The van der Waals surface area contributed by atoms with E-state index in [4.69, 9.17) is 11.6 Å². The minimum Gasteiger partial charge on any atom is -0.310 e. The van der Waals surface area contributed by atoms with Gasteiger partial charge >= 0.3 is 0 Å². The molecule has 0 aliphatic rings. The summed E-state index contributed by atoms with van der Waals surface area (Å²) in [7, 11) is 0. The topological polar surface area (TPSA) is 110 Å². The van der Waals surface area contributed by atoms with Gasteiger partial charge in [0, 0.05) is 16.8 Å². The quantitative estimate of drug-likeness (QED) is 0.344. The van der Waals surface area contributed by atoms with Crippen LogP contribution < -0.4 is 10.9 Å². The Morgan fingerprint density at radius 3 is 2.74 bits per heavy atom. The van der Waals surface area contributed by atoms with Crippen LogP contribution in [0.25, 0.3) is 22.7 Å². The van der Waals surface area contributed by atoms with Crippen LogP contribution in [0.5, 0.6) is 0 Å². The van der Waals surface area contributed by atoms with Crippen LogP contribution in [0.1, 0.15) is 11.3 Å². The molecular formula is C24H20ClN7O2S. The van der Waals surface area contributed by atoms with E-state index in [9.17, 15) is 9.59 Å². The molecule has 5 aromatic rings. The highest BCUT2D eigenvalue weighted by atomic mass is 35.5. The van der Waals surface area contributed by atoms with E-state index in [1.54, 1.807) is 31.2 Å². The summed E-state index contributed by atoms with van der Waals surface area (Å²) in [5, 5.41) is 12.5. The van der Waals surface area contributed by atoms with Crippen LogP contribution in [0.3, 0.4) is 0 Å². The predicted octanol–water partition coefficient (Wildman–Crippen LogP) is 4.13. The van der Waals surface area contributed by atoms with Crippen LogP contribution in [0, 0.1) is 6.92 Å². The Balaban J connectivity index is 1.42. The Kier molecular flexibility index (Phi) is 6.39. The lowest BCUT2D eigenvalue weighted by Crippen LogP contribution is -2.20. The van der Waals surface area contributed by atoms with E-state index in [1.807, 2.05) is 36.4 Å². The number of nitrogens with zero attached hydrogens (tertiary/aromatic N) is 5. The Morgan fingerprint density at radius 1 is 1.11 bits per heavy atom. The van der Waals surface area contributed by atoms with Gasteiger partial charge in [-0.25, -0.2) is 4.68 Å². The monoisotopic (exact) mass is 505 g/mol. The van der Waals surface area contributed by atoms with Gasteiger partial charge in [0.2, 0.25) is 11.9 Å². The summed E-state index contributed by atoms with van der Waals surface area (Å²) < 4.78 is 2.94. The van der Waals surface area contributed by atoms with Crippen LogP contribution in [-0.2, 0) is 10.5 Å². The van der Waals surface area contributed by atoms with E-state index in [-0.39, 0.29) is 23.2 Å². The largest absolute Gasteiger partial charge is 0.310 e. The Morgan fingerprint density at radius 2 is 1.94 bits per heavy atom. The second-order valence-electron chi connectivity index (χ2n) is 7.77. The van der Waals surface area contributed by atoms with Gasteiger partial charge in [0.05, 0.1) is 23.3 Å². The zero-order valence-corrected chi connectivity index (χ0v) is 20.2. The number of fused-ring (bicyclic) bond motifs is 1. The summed E-state index contributed by atoms with van der Waals surface area (Å²) in [6.07, 6.45) is 1.45. The molecule has 0 radical (unpaired) electrons. The first-order valence-electron chi connectivity index (χ1n) is 10.7. The number of hydrogen-bond acceptors (Lipinski definition) is 6. The second kappa shape index (κ2) is 9.77. The van der Waals surface area contributed by atoms with Crippen molar-refractivity contribution < 1.29 is 4.79 Å². The van der Waals surface area contributed by atoms with E-state index >= 15 is 0 Å². The second-order valence-corrected chi connectivity index (χ2v) is 9.19. The van der Waals surface area contributed by atoms with Crippen molar-refractivity contribution in [1.82, 2.24) is 29.5 Å². The van der Waals surface area contributed by atoms with Crippen molar-refractivity contribution in [2.24, 2.45) is 0 Å². The molecule has 0 saturated carbocycles. The summed E-state index contributed by atoms with van der Waals surface area (Å²) in [5.41, 5.74) is 2.44. The summed E-state index contributed by atoms with van der Waals surface area (Å²) in [6.45, 7) is 1.79. The van der Waals surface area contributed by atoms with Crippen LogP contribution in [-0.4, -0.2) is 41.2 Å². The van der Waals surface area contributed by atoms with E-state index < -0.39 is 0 Å². The standard InChI is InChI=1S/C24H20ClN7O2S/c1-15-10-20(27-21(33)14-35-13-16-6-3-2-4-7-16)32(30-15)24-28-22-19(23(34)29-24)12-26-31(22)18-9-5-8-17(25)11-18/h2-12H,13-14H2,1H3,(H,27,33)(H,28,29,34). The number of hydrogen-bond donors (Lipinski definition) is 2. The van der Waals surface area contributed by atoms with Gasteiger partial charge < -0.3 is 5.32 Å². The van der Waals surface area contributed by atoms with Gasteiger partial charge in [-0.15, -0.1) is 11.8 Å². The van der Waals surface area contributed by atoms with Crippen molar-refractivity contribution in [2.75, 3.05) is 11.1 Å². The Hall–Kier alpha value is -3.89. The number of thioether (sulfide) groups is 1. The molecule has 2 N–H and O–H groups in total. The molecule has 5 rings (SSSR count). The van der Waals surface area contributed by atoms with E-state index in [0.29, 0.717) is 33.3 Å². The summed E-state index contributed by atoms with van der Waals surface area (Å²) in [4.78, 5) is 32.7. The molecule has 0 spiro atoms. The van der Waals surface area contributed by atoms with Crippen molar-refractivity contribution in [2.45, 2.75) is 12.7 Å². The molecule has 0 atom stereocenters.